The number of piperidine rings is 1. The fourth-order valence-electron chi connectivity index (χ4n) is 2.33. The van der Waals surface area contributed by atoms with Gasteiger partial charge in [-0.1, -0.05) is 0 Å². The van der Waals surface area contributed by atoms with Gasteiger partial charge in [0, 0.05) is 25.3 Å². The lowest BCUT2D eigenvalue weighted by Gasteiger charge is -2.32. The van der Waals surface area contributed by atoms with Crippen LogP contribution in [0.15, 0.2) is 18.3 Å². The van der Waals surface area contributed by atoms with Crippen molar-refractivity contribution in [1.82, 2.24) is 9.47 Å². The van der Waals surface area contributed by atoms with Crippen LogP contribution in [-0.4, -0.2) is 39.5 Å². The minimum atomic E-state index is -0.929. The van der Waals surface area contributed by atoms with Crippen LogP contribution in [0.25, 0.3) is 0 Å². The van der Waals surface area contributed by atoms with Gasteiger partial charge in [0.25, 0.3) is 5.91 Å². The van der Waals surface area contributed by atoms with E-state index in [1.807, 2.05) is 0 Å². The Kier molecular flexibility index (Phi) is 3.38. The third-order valence-electron chi connectivity index (χ3n) is 3.27. The van der Waals surface area contributed by atoms with Gasteiger partial charge >= 0.3 is 5.97 Å². The summed E-state index contributed by atoms with van der Waals surface area (Å²) in [4.78, 5) is 24.0. The molecule has 1 aromatic heterocycles. The maximum Gasteiger partial charge on any atom is 0.352 e. The first kappa shape index (κ1) is 12.2. The first-order valence-corrected chi connectivity index (χ1v) is 5.79. The van der Waals surface area contributed by atoms with Crippen LogP contribution in [0.2, 0.25) is 0 Å². The molecule has 0 saturated carbocycles. The van der Waals surface area contributed by atoms with Crippen LogP contribution in [0.1, 0.15) is 29.4 Å². The van der Waals surface area contributed by atoms with Crippen molar-refractivity contribution in [3.05, 3.63) is 24.0 Å². The van der Waals surface area contributed by atoms with Crippen LogP contribution < -0.4 is 0 Å². The van der Waals surface area contributed by atoms with Crippen LogP contribution in [0.5, 0.6) is 0 Å². The van der Waals surface area contributed by atoms with Crippen molar-refractivity contribution in [1.29, 1.82) is 0 Å². The van der Waals surface area contributed by atoms with Crippen molar-refractivity contribution in [2.24, 2.45) is 0 Å². The average molecular weight is 246 g/mol. The maximum atomic E-state index is 11.3. The fraction of sp³-hybridized carbons (Fsp3) is 0.385. The van der Waals surface area contributed by atoms with Crippen LogP contribution in [0, 0.1) is 12.3 Å². The number of terminal acetylenes is 1. The molecule has 1 amide bonds. The van der Waals surface area contributed by atoms with Gasteiger partial charge in [-0.05, 0) is 30.9 Å². The third kappa shape index (κ3) is 2.23. The van der Waals surface area contributed by atoms with E-state index in [0.717, 1.165) is 12.8 Å². The molecular weight excluding hydrogens is 232 g/mol. The maximum absolute atomic E-state index is 11.3. The summed E-state index contributed by atoms with van der Waals surface area (Å²) in [5.74, 6) is 0.879. The molecule has 0 unspecified atom stereocenters. The normalized spacial score (nSPS) is 16.3. The summed E-state index contributed by atoms with van der Waals surface area (Å²) >= 11 is 0. The topological polar surface area (TPSA) is 62.5 Å². The molecule has 0 atom stereocenters. The molecule has 0 aliphatic carbocycles. The SMILES string of the molecule is C#CC(=O)N1CCC(n2cccc2C(=O)O)CC1. The van der Waals surface area contributed by atoms with Gasteiger partial charge in [-0.2, -0.15) is 0 Å². The van der Waals surface area contributed by atoms with Gasteiger partial charge in [0.05, 0.1) is 0 Å². The van der Waals surface area contributed by atoms with E-state index in [1.165, 1.54) is 0 Å². The number of aromatic carboxylic acids is 1. The second-order valence-electron chi connectivity index (χ2n) is 4.27. The van der Waals surface area contributed by atoms with Gasteiger partial charge in [0.1, 0.15) is 5.69 Å². The van der Waals surface area contributed by atoms with Crippen molar-refractivity contribution in [3.63, 3.8) is 0 Å². The average Bonchev–Trinajstić information content (AvgIpc) is 2.87. The molecule has 1 aliphatic heterocycles. The smallest absolute Gasteiger partial charge is 0.352 e. The monoisotopic (exact) mass is 246 g/mol. The predicted octanol–water partition coefficient (Wildman–Crippen LogP) is 0.983. The number of hydrogen-bond donors (Lipinski definition) is 1. The Balaban J connectivity index is 2.06. The molecule has 0 spiro atoms. The summed E-state index contributed by atoms with van der Waals surface area (Å²) in [5.41, 5.74) is 0.289. The summed E-state index contributed by atoms with van der Waals surface area (Å²) in [6.07, 6.45) is 8.29. The minimum absolute atomic E-state index is 0.118. The van der Waals surface area contributed by atoms with Gasteiger partial charge in [-0.3, -0.25) is 4.79 Å². The Morgan fingerprint density at radius 1 is 1.39 bits per heavy atom. The van der Waals surface area contributed by atoms with E-state index in [4.69, 9.17) is 11.5 Å². The van der Waals surface area contributed by atoms with Crippen LogP contribution in [-0.2, 0) is 4.79 Å². The first-order valence-electron chi connectivity index (χ1n) is 5.79. The Hall–Kier alpha value is -2.22. The van der Waals surface area contributed by atoms with Crippen LogP contribution >= 0.6 is 0 Å². The number of carbonyl (C=O) groups excluding carboxylic acids is 1. The second-order valence-corrected chi connectivity index (χ2v) is 4.27. The number of amides is 1. The van der Waals surface area contributed by atoms with Crippen molar-refractivity contribution < 1.29 is 14.7 Å². The van der Waals surface area contributed by atoms with E-state index in [0.29, 0.717) is 13.1 Å². The number of nitrogens with zero attached hydrogens (tertiary/aromatic N) is 2. The van der Waals surface area contributed by atoms with Crippen molar-refractivity contribution >= 4 is 11.9 Å². The van der Waals surface area contributed by atoms with E-state index >= 15 is 0 Å². The third-order valence-corrected chi connectivity index (χ3v) is 3.27. The number of aromatic nitrogens is 1. The molecule has 5 nitrogen and oxygen atoms in total. The molecule has 1 saturated heterocycles. The van der Waals surface area contributed by atoms with E-state index in [-0.39, 0.29) is 17.6 Å². The standard InChI is InChI=1S/C13H14N2O3/c1-2-12(16)14-8-5-10(6-9-14)15-7-3-4-11(15)13(17)18/h1,3-4,7,10H,5-6,8-9H2,(H,17,18). The lowest BCUT2D eigenvalue weighted by atomic mass is 10.0. The van der Waals surface area contributed by atoms with Crippen molar-refractivity contribution in [3.8, 4) is 12.3 Å². The number of carboxylic acid groups (broad SMARTS) is 1. The van der Waals surface area contributed by atoms with Crippen molar-refractivity contribution in [2.45, 2.75) is 18.9 Å². The molecule has 1 fully saturated rings. The molecule has 0 aromatic carbocycles. The zero-order valence-electron chi connectivity index (χ0n) is 9.87. The Morgan fingerprint density at radius 3 is 2.61 bits per heavy atom. The quantitative estimate of drug-likeness (QED) is 0.791. The molecule has 2 rings (SSSR count). The number of hydrogen-bond acceptors (Lipinski definition) is 2. The molecule has 2 heterocycles. The molecule has 94 valence electrons. The summed E-state index contributed by atoms with van der Waals surface area (Å²) in [6.45, 7) is 1.15. The summed E-state index contributed by atoms with van der Waals surface area (Å²) in [6, 6.07) is 3.43. The molecular formula is C13H14N2O3. The summed E-state index contributed by atoms with van der Waals surface area (Å²) in [5, 5.41) is 9.05. The highest BCUT2D eigenvalue weighted by atomic mass is 16.4. The summed E-state index contributed by atoms with van der Waals surface area (Å²) < 4.78 is 1.76. The molecule has 1 N–H and O–H groups in total. The van der Waals surface area contributed by atoms with Gasteiger partial charge in [-0.25, -0.2) is 4.79 Å². The highest BCUT2D eigenvalue weighted by Gasteiger charge is 2.24. The van der Waals surface area contributed by atoms with E-state index in [9.17, 15) is 9.59 Å². The van der Waals surface area contributed by atoms with Gasteiger partial charge in [0.15, 0.2) is 0 Å². The molecule has 1 aliphatic rings. The van der Waals surface area contributed by atoms with Crippen LogP contribution in [0.3, 0.4) is 0 Å². The molecule has 1 aromatic rings. The number of carbonyl (C=O) groups is 2. The van der Waals surface area contributed by atoms with E-state index in [1.54, 1.807) is 27.8 Å². The number of rotatable bonds is 2. The minimum Gasteiger partial charge on any atom is -0.477 e. The van der Waals surface area contributed by atoms with E-state index < -0.39 is 5.97 Å². The zero-order chi connectivity index (χ0) is 13.1. The molecule has 0 radical (unpaired) electrons. The fourth-order valence-corrected chi connectivity index (χ4v) is 2.33. The highest BCUT2D eigenvalue weighted by Crippen LogP contribution is 2.24. The summed E-state index contributed by atoms with van der Waals surface area (Å²) in [7, 11) is 0. The largest absolute Gasteiger partial charge is 0.477 e. The van der Waals surface area contributed by atoms with Gasteiger partial charge in [-0.15, -0.1) is 6.42 Å². The molecule has 0 bridgehead atoms. The van der Waals surface area contributed by atoms with Gasteiger partial charge in [0.2, 0.25) is 0 Å². The lowest BCUT2D eigenvalue weighted by molar-refractivity contribution is -0.126. The Labute approximate surface area is 105 Å². The number of carboxylic acids is 1. The Morgan fingerprint density at radius 2 is 2.06 bits per heavy atom. The number of likely N-dealkylation sites (tertiary alicyclic amines) is 1. The predicted molar refractivity (Wildman–Crippen MR) is 65.1 cm³/mol. The zero-order valence-corrected chi connectivity index (χ0v) is 9.87. The van der Waals surface area contributed by atoms with Crippen LogP contribution in [0.4, 0.5) is 0 Å². The molecule has 18 heavy (non-hydrogen) atoms. The second kappa shape index (κ2) is 4.96. The van der Waals surface area contributed by atoms with Gasteiger partial charge < -0.3 is 14.6 Å². The van der Waals surface area contributed by atoms with E-state index in [2.05, 4.69) is 5.92 Å². The van der Waals surface area contributed by atoms with Crippen molar-refractivity contribution in [2.75, 3.05) is 13.1 Å². The Bertz CT molecular complexity index is 505. The first-order chi connectivity index (χ1) is 8.63. The molecule has 5 heteroatoms. The lowest BCUT2D eigenvalue weighted by Crippen LogP contribution is -2.38. The highest BCUT2D eigenvalue weighted by molar-refractivity contribution is 5.92.